The maximum Gasteiger partial charge on any atom is 0.234 e. The van der Waals surface area contributed by atoms with Crippen molar-refractivity contribution in [1.82, 2.24) is 14.8 Å². The molecule has 1 heterocycles. The second kappa shape index (κ2) is 11.4. The highest BCUT2D eigenvalue weighted by molar-refractivity contribution is 7.99. The molecule has 8 nitrogen and oxygen atoms in total. The summed E-state index contributed by atoms with van der Waals surface area (Å²) >= 11 is 1.32. The fourth-order valence-electron chi connectivity index (χ4n) is 3.60. The molecular weight excluding hydrogens is 464 g/mol. The van der Waals surface area contributed by atoms with Gasteiger partial charge < -0.3 is 19.5 Å². The molecule has 3 aromatic carbocycles. The quantitative estimate of drug-likeness (QED) is 0.325. The predicted octanol–water partition coefficient (Wildman–Crippen LogP) is 4.61. The van der Waals surface area contributed by atoms with Crippen LogP contribution in [0, 0.1) is 0 Å². The standard InChI is InChI=1S/C26H26N4O4S/c1-32-21-15-19(16-22(33-2)25(21)34-3)27-24(31)17-35-26-29-28-23(14-18-10-6-4-7-11-18)30(26)20-12-8-5-9-13-20/h4-13,15-16H,14,17H2,1-3H3,(H,27,31). The molecule has 35 heavy (non-hydrogen) atoms. The van der Waals surface area contributed by atoms with Crippen molar-refractivity contribution in [3.63, 3.8) is 0 Å². The first-order valence-corrected chi connectivity index (χ1v) is 11.9. The first kappa shape index (κ1) is 24.2. The summed E-state index contributed by atoms with van der Waals surface area (Å²) in [6.07, 6.45) is 0.626. The van der Waals surface area contributed by atoms with E-state index in [0.29, 0.717) is 34.5 Å². The van der Waals surface area contributed by atoms with Gasteiger partial charge in [-0.05, 0) is 17.7 Å². The van der Waals surface area contributed by atoms with Crippen LogP contribution in [0.4, 0.5) is 5.69 Å². The smallest absolute Gasteiger partial charge is 0.234 e. The van der Waals surface area contributed by atoms with E-state index >= 15 is 0 Å². The number of carbonyl (C=O) groups excluding carboxylic acids is 1. The number of hydrogen-bond acceptors (Lipinski definition) is 7. The van der Waals surface area contributed by atoms with Gasteiger partial charge in [-0.25, -0.2) is 0 Å². The highest BCUT2D eigenvalue weighted by atomic mass is 32.2. The highest BCUT2D eigenvalue weighted by Crippen LogP contribution is 2.40. The van der Waals surface area contributed by atoms with Crippen LogP contribution >= 0.6 is 11.8 Å². The molecule has 4 rings (SSSR count). The molecule has 0 unspecified atom stereocenters. The summed E-state index contributed by atoms with van der Waals surface area (Å²) in [6, 6.07) is 23.4. The first-order chi connectivity index (χ1) is 17.1. The minimum atomic E-state index is -0.198. The van der Waals surface area contributed by atoms with E-state index in [9.17, 15) is 4.79 Å². The lowest BCUT2D eigenvalue weighted by Crippen LogP contribution is -2.15. The highest BCUT2D eigenvalue weighted by Gasteiger charge is 2.18. The fourth-order valence-corrected chi connectivity index (χ4v) is 4.37. The van der Waals surface area contributed by atoms with Crippen molar-refractivity contribution in [2.45, 2.75) is 11.6 Å². The average molecular weight is 491 g/mol. The largest absolute Gasteiger partial charge is 0.493 e. The van der Waals surface area contributed by atoms with Gasteiger partial charge in [0.2, 0.25) is 11.7 Å². The molecule has 9 heteroatoms. The molecule has 0 saturated carbocycles. The number of methoxy groups -OCH3 is 3. The summed E-state index contributed by atoms with van der Waals surface area (Å²) in [4.78, 5) is 12.8. The Labute approximate surface area is 208 Å². The van der Waals surface area contributed by atoms with Crippen LogP contribution in [0.5, 0.6) is 17.2 Å². The van der Waals surface area contributed by atoms with Crippen LogP contribution in [-0.2, 0) is 11.2 Å². The van der Waals surface area contributed by atoms with Gasteiger partial charge in [-0.2, -0.15) is 0 Å². The molecule has 0 saturated heterocycles. The number of aromatic nitrogens is 3. The molecule has 0 fully saturated rings. The van der Waals surface area contributed by atoms with Crippen molar-refractivity contribution in [1.29, 1.82) is 0 Å². The fraction of sp³-hybridized carbons (Fsp3) is 0.192. The van der Waals surface area contributed by atoms with Crippen LogP contribution in [0.3, 0.4) is 0 Å². The Kier molecular flexibility index (Phi) is 7.89. The molecule has 0 radical (unpaired) electrons. The van der Waals surface area contributed by atoms with Crippen molar-refractivity contribution in [2.24, 2.45) is 0 Å². The van der Waals surface area contributed by atoms with E-state index < -0.39 is 0 Å². The SMILES string of the molecule is COc1cc(NC(=O)CSc2nnc(Cc3ccccc3)n2-c2ccccc2)cc(OC)c1OC. The van der Waals surface area contributed by atoms with Gasteiger partial charge in [0.25, 0.3) is 0 Å². The van der Waals surface area contributed by atoms with Gasteiger partial charge in [0, 0.05) is 29.9 Å². The molecule has 0 spiro atoms. The zero-order chi connectivity index (χ0) is 24.6. The Bertz CT molecular complexity index is 1250. The third kappa shape index (κ3) is 5.75. The molecule has 0 bridgehead atoms. The van der Waals surface area contributed by atoms with Crippen molar-refractivity contribution < 1.29 is 19.0 Å². The lowest BCUT2D eigenvalue weighted by molar-refractivity contribution is -0.113. The zero-order valence-electron chi connectivity index (χ0n) is 19.7. The van der Waals surface area contributed by atoms with Gasteiger partial charge >= 0.3 is 0 Å². The number of para-hydroxylation sites is 1. The molecule has 1 amide bonds. The molecular formula is C26H26N4O4S. The number of ether oxygens (including phenoxy) is 3. The van der Waals surface area contributed by atoms with Gasteiger partial charge in [0.05, 0.1) is 27.1 Å². The van der Waals surface area contributed by atoms with Crippen LogP contribution in [0.2, 0.25) is 0 Å². The number of nitrogens with zero attached hydrogens (tertiary/aromatic N) is 3. The maximum atomic E-state index is 12.8. The molecule has 1 N–H and O–H groups in total. The Balaban J connectivity index is 1.52. The molecule has 180 valence electrons. The molecule has 0 aliphatic carbocycles. The van der Waals surface area contributed by atoms with Crippen molar-refractivity contribution in [3.05, 3.63) is 84.2 Å². The van der Waals surface area contributed by atoms with Crippen LogP contribution in [0.1, 0.15) is 11.4 Å². The second-order valence-corrected chi connectivity index (χ2v) is 8.43. The van der Waals surface area contributed by atoms with Crippen molar-refractivity contribution in [2.75, 3.05) is 32.4 Å². The number of hydrogen-bond donors (Lipinski definition) is 1. The van der Waals surface area contributed by atoms with Crippen LogP contribution in [0.15, 0.2) is 78.0 Å². The Hall–Kier alpha value is -3.98. The van der Waals surface area contributed by atoms with Crippen LogP contribution in [0.25, 0.3) is 5.69 Å². The van der Waals surface area contributed by atoms with Crippen molar-refractivity contribution >= 4 is 23.4 Å². The number of thioether (sulfide) groups is 1. The van der Waals surface area contributed by atoms with Gasteiger partial charge in [0.1, 0.15) is 5.82 Å². The summed E-state index contributed by atoms with van der Waals surface area (Å²) in [5.41, 5.74) is 2.61. The number of anilines is 1. The number of nitrogens with one attached hydrogen (secondary N) is 1. The van der Waals surface area contributed by atoms with Gasteiger partial charge in [0.15, 0.2) is 16.7 Å². The summed E-state index contributed by atoms with van der Waals surface area (Å²) in [6.45, 7) is 0. The average Bonchev–Trinajstić information content (AvgIpc) is 3.30. The van der Waals surface area contributed by atoms with Gasteiger partial charge in [-0.3, -0.25) is 9.36 Å². The Morgan fingerprint density at radius 3 is 2.11 bits per heavy atom. The minimum Gasteiger partial charge on any atom is -0.493 e. The lowest BCUT2D eigenvalue weighted by Gasteiger charge is -2.14. The van der Waals surface area contributed by atoms with Crippen LogP contribution in [-0.4, -0.2) is 47.8 Å². The molecule has 0 atom stereocenters. The van der Waals surface area contributed by atoms with E-state index in [0.717, 1.165) is 17.1 Å². The van der Waals surface area contributed by atoms with E-state index in [1.54, 1.807) is 12.1 Å². The summed E-state index contributed by atoms with van der Waals surface area (Å²) in [5, 5.41) is 12.3. The van der Waals surface area contributed by atoms with E-state index in [2.05, 4.69) is 27.6 Å². The van der Waals surface area contributed by atoms with E-state index in [1.165, 1.54) is 33.1 Å². The van der Waals surface area contributed by atoms with E-state index in [1.807, 2.05) is 53.1 Å². The predicted molar refractivity (Wildman–Crippen MR) is 136 cm³/mol. The summed E-state index contributed by atoms with van der Waals surface area (Å²) < 4.78 is 18.1. The maximum absolute atomic E-state index is 12.8. The molecule has 4 aromatic rings. The number of carbonyl (C=O) groups is 1. The lowest BCUT2D eigenvalue weighted by atomic mass is 10.1. The summed E-state index contributed by atoms with van der Waals surface area (Å²) in [5.74, 6) is 2.14. The first-order valence-electron chi connectivity index (χ1n) is 10.9. The van der Waals surface area contributed by atoms with E-state index in [-0.39, 0.29) is 11.7 Å². The second-order valence-electron chi connectivity index (χ2n) is 7.48. The molecule has 0 aliphatic heterocycles. The Morgan fingerprint density at radius 2 is 1.51 bits per heavy atom. The normalized spacial score (nSPS) is 10.6. The third-order valence-electron chi connectivity index (χ3n) is 5.20. The topological polar surface area (TPSA) is 87.5 Å². The van der Waals surface area contributed by atoms with Gasteiger partial charge in [-0.15, -0.1) is 10.2 Å². The minimum absolute atomic E-state index is 0.146. The summed E-state index contributed by atoms with van der Waals surface area (Å²) in [7, 11) is 4.59. The number of benzene rings is 3. The third-order valence-corrected chi connectivity index (χ3v) is 6.13. The number of rotatable bonds is 10. The zero-order valence-corrected chi connectivity index (χ0v) is 20.5. The van der Waals surface area contributed by atoms with Gasteiger partial charge in [-0.1, -0.05) is 60.3 Å². The van der Waals surface area contributed by atoms with E-state index in [4.69, 9.17) is 14.2 Å². The molecule has 0 aliphatic rings. The number of amides is 1. The van der Waals surface area contributed by atoms with Crippen LogP contribution < -0.4 is 19.5 Å². The monoisotopic (exact) mass is 490 g/mol. The molecule has 1 aromatic heterocycles. The van der Waals surface area contributed by atoms with Crippen molar-refractivity contribution in [3.8, 4) is 22.9 Å². The Morgan fingerprint density at radius 1 is 0.886 bits per heavy atom.